The lowest BCUT2D eigenvalue weighted by Crippen LogP contribution is -2.19. The molecule has 2 aromatic carbocycles. The number of carbonyl (C=O) groups is 1. The number of hydrogen-bond acceptors (Lipinski definition) is 4. The maximum absolute atomic E-state index is 12.2. The van der Waals surface area contributed by atoms with Crippen LogP contribution in [0.5, 0.6) is 5.75 Å². The fourth-order valence-corrected chi connectivity index (χ4v) is 3.29. The number of nitrogens with zero attached hydrogens (tertiary/aromatic N) is 1. The van der Waals surface area contributed by atoms with Crippen molar-refractivity contribution in [2.75, 3.05) is 6.61 Å². The van der Waals surface area contributed by atoms with Gasteiger partial charge in [-0.2, -0.15) is 0 Å². The van der Waals surface area contributed by atoms with Crippen LogP contribution < -0.4 is 10.1 Å². The molecule has 4 nitrogen and oxygen atoms in total. The van der Waals surface area contributed by atoms with Crippen molar-refractivity contribution in [1.29, 1.82) is 0 Å². The molecule has 0 spiro atoms. The summed E-state index contributed by atoms with van der Waals surface area (Å²) in [6.45, 7) is 4.47. The van der Waals surface area contributed by atoms with E-state index in [1.165, 1.54) is 11.8 Å². The number of halogens is 1. The molecule has 0 atom stereocenters. The Morgan fingerprint density at radius 3 is 2.72 bits per heavy atom. The van der Waals surface area contributed by atoms with Crippen LogP contribution in [-0.4, -0.2) is 17.7 Å². The summed E-state index contributed by atoms with van der Waals surface area (Å²) < 4.78 is 5.60. The first kappa shape index (κ1) is 17.6. The minimum Gasteiger partial charge on any atom is -0.493 e. The Balaban J connectivity index is 1.86. The lowest BCUT2D eigenvalue weighted by Gasteiger charge is -2.07. The number of amides is 1. The highest BCUT2D eigenvalue weighted by atomic mass is 35.5. The quantitative estimate of drug-likeness (QED) is 0.773. The van der Waals surface area contributed by atoms with Gasteiger partial charge in [-0.1, -0.05) is 29.3 Å². The van der Waals surface area contributed by atoms with Gasteiger partial charge in [0.15, 0.2) is 5.17 Å². The minimum atomic E-state index is -0.182. The van der Waals surface area contributed by atoms with Gasteiger partial charge in [-0.05, 0) is 62.0 Å². The van der Waals surface area contributed by atoms with Crippen molar-refractivity contribution in [3.63, 3.8) is 0 Å². The minimum absolute atomic E-state index is 0.182. The van der Waals surface area contributed by atoms with Crippen LogP contribution in [-0.2, 0) is 4.79 Å². The Hall–Kier alpha value is -2.24. The van der Waals surface area contributed by atoms with Crippen molar-refractivity contribution in [2.45, 2.75) is 13.8 Å². The molecule has 128 valence electrons. The first-order valence-corrected chi connectivity index (χ1v) is 9.03. The van der Waals surface area contributed by atoms with Crippen molar-refractivity contribution >= 4 is 46.2 Å². The smallest absolute Gasteiger partial charge is 0.264 e. The Morgan fingerprint density at radius 2 is 2.00 bits per heavy atom. The number of ether oxygens (including phenoxy) is 1. The fourth-order valence-electron chi connectivity index (χ4n) is 2.28. The first-order valence-electron chi connectivity index (χ1n) is 7.84. The Morgan fingerprint density at radius 1 is 1.24 bits per heavy atom. The predicted molar refractivity (Wildman–Crippen MR) is 105 cm³/mol. The van der Waals surface area contributed by atoms with Crippen LogP contribution >= 0.6 is 23.4 Å². The van der Waals surface area contributed by atoms with Crippen LogP contribution in [0.1, 0.15) is 18.1 Å². The summed E-state index contributed by atoms with van der Waals surface area (Å²) in [5, 5.41) is 3.93. The Labute approximate surface area is 155 Å². The number of hydrogen-bond donors (Lipinski definition) is 1. The molecule has 0 bridgehead atoms. The van der Waals surface area contributed by atoms with E-state index in [9.17, 15) is 4.79 Å². The van der Waals surface area contributed by atoms with E-state index < -0.39 is 0 Å². The average molecular weight is 373 g/mol. The van der Waals surface area contributed by atoms with Gasteiger partial charge in [-0.15, -0.1) is 0 Å². The van der Waals surface area contributed by atoms with E-state index in [4.69, 9.17) is 16.3 Å². The van der Waals surface area contributed by atoms with Crippen LogP contribution in [0.4, 0.5) is 5.69 Å². The summed E-state index contributed by atoms with van der Waals surface area (Å²) in [5.41, 5.74) is 2.73. The number of rotatable bonds is 4. The molecule has 0 aliphatic carbocycles. The molecule has 0 aromatic heterocycles. The van der Waals surface area contributed by atoms with Gasteiger partial charge in [0.25, 0.3) is 5.91 Å². The normalized spacial score (nSPS) is 17.2. The molecule has 2 aromatic rings. The second-order valence-electron chi connectivity index (χ2n) is 5.43. The number of benzene rings is 2. The van der Waals surface area contributed by atoms with E-state index in [0.29, 0.717) is 27.5 Å². The van der Waals surface area contributed by atoms with Gasteiger partial charge < -0.3 is 10.1 Å². The molecule has 1 saturated heterocycles. The number of aryl methyl sites for hydroxylation is 1. The van der Waals surface area contributed by atoms with E-state index in [1.807, 2.05) is 38.1 Å². The van der Waals surface area contributed by atoms with Crippen LogP contribution in [0.25, 0.3) is 6.08 Å². The van der Waals surface area contributed by atoms with Gasteiger partial charge in [0, 0.05) is 10.6 Å². The number of nitrogens with one attached hydrogen (secondary N) is 1. The van der Waals surface area contributed by atoms with Crippen molar-refractivity contribution in [3.8, 4) is 5.75 Å². The van der Waals surface area contributed by atoms with Crippen molar-refractivity contribution < 1.29 is 9.53 Å². The molecule has 1 aliphatic rings. The zero-order valence-electron chi connectivity index (χ0n) is 13.9. The molecule has 0 radical (unpaired) electrons. The van der Waals surface area contributed by atoms with E-state index >= 15 is 0 Å². The number of thioether (sulfide) groups is 1. The third-order valence-corrected chi connectivity index (χ3v) is 4.62. The highest BCUT2D eigenvalue weighted by Crippen LogP contribution is 2.32. The number of carbonyl (C=O) groups excluding carboxylic acids is 1. The molecule has 1 N–H and O–H groups in total. The highest BCUT2D eigenvalue weighted by Gasteiger charge is 2.24. The average Bonchev–Trinajstić information content (AvgIpc) is 2.92. The van der Waals surface area contributed by atoms with E-state index in [0.717, 1.165) is 16.8 Å². The van der Waals surface area contributed by atoms with Crippen molar-refractivity contribution in [2.24, 2.45) is 4.99 Å². The number of amidine groups is 1. The Bertz CT molecular complexity index is 860. The third kappa shape index (κ3) is 4.44. The van der Waals surface area contributed by atoms with Gasteiger partial charge in [0.05, 0.1) is 17.2 Å². The highest BCUT2D eigenvalue weighted by molar-refractivity contribution is 8.18. The standard InChI is InChI=1S/C19H17ClN2O2S/c1-3-24-16-9-6-14(20)10-13(16)11-17-18(23)22-19(25-17)21-15-7-4-12(2)5-8-15/h4-11H,3H2,1-2H3,(H,21,22,23). The van der Waals surface area contributed by atoms with Crippen molar-refractivity contribution in [1.82, 2.24) is 5.32 Å². The van der Waals surface area contributed by atoms with Crippen molar-refractivity contribution in [3.05, 3.63) is 63.5 Å². The topological polar surface area (TPSA) is 50.7 Å². The zero-order valence-corrected chi connectivity index (χ0v) is 15.4. The maximum Gasteiger partial charge on any atom is 0.264 e. The molecule has 25 heavy (non-hydrogen) atoms. The summed E-state index contributed by atoms with van der Waals surface area (Å²) >= 11 is 7.37. The van der Waals surface area contributed by atoms with Gasteiger partial charge in [-0.25, -0.2) is 4.99 Å². The second-order valence-corrected chi connectivity index (χ2v) is 6.90. The predicted octanol–water partition coefficient (Wildman–Crippen LogP) is 4.94. The van der Waals surface area contributed by atoms with E-state index in [-0.39, 0.29) is 5.91 Å². The molecule has 3 rings (SSSR count). The first-order chi connectivity index (χ1) is 12.0. The van der Waals surface area contributed by atoms with Gasteiger partial charge in [0.1, 0.15) is 5.75 Å². The van der Waals surface area contributed by atoms with Crippen LogP contribution in [0.15, 0.2) is 52.4 Å². The molecule has 0 unspecified atom stereocenters. The van der Waals surface area contributed by atoms with Crippen LogP contribution in [0.2, 0.25) is 5.02 Å². The summed E-state index contributed by atoms with van der Waals surface area (Å²) in [4.78, 5) is 17.2. The summed E-state index contributed by atoms with van der Waals surface area (Å²) in [6.07, 6.45) is 1.77. The van der Waals surface area contributed by atoms with E-state index in [1.54, 1.807) is 24.3 Å². The molecular weight excluding hydrogens is 356 g/mol. The largest absolute Gasteiger partial charge is 0.493 e. The number of aliphatic imine (C=N–C) groups is 1. The fraction of sp³-hybridized carbons (Fsp3) is 0.158. The molecule has 6 heteroatoms. The molecular formula is C19H17ClN2O2S. The van der Waals surface area contributed by atoms with E-state index in [2.05, 4.69) is 10.3 Å². The summed E-state index contributed by atoms with van der Waals surface area (Å²) in [6, 6.07) is 13.2. The zero-order chi connectivity index (χ0) is 17.8. The van der Waals surface area contributed by atoms with Crippen LogP contribution in [0.3, 0.4) is 0 Å². The lowest BCUT2D eigenvalue weighted by molar-refractivity contribution is -0.115. The lowest BCUT2D eigenvalue weighted by atomic mass is 10.2. The van der Waals surface area contributed by atoms with Gasteiger partial charge >= 0.3 is 0 Å². The monoisotopic (exact) mass is 372 g/mol. The van der Waals surface area contributed by atoms with Gasteiger partial charge in [0.2, 0.25) is 0 Å². The summed E-state index contributed by atoms with van der Waals surface area (Å²) in [7, 11) is 0. The molecule has 1 aliphatic heterocycles. The maximum atomic E-state index is 12.2. The molecule has 1 fully saturated rings. The molecule has 0 saturated carbocycles. The van der Waals surface area contributed by atoms with Gasteiger partial charge in [-0.3, -0.25) is 4.79 Å². The van der Waals surface area contributed by atoms with Crippen LogP contribution in [0, 0.1) is 6.92 Å². The third-order valence-electron chi connectivity index (χ3n) is 3.47. The molecule has 1 amide bonds. The second kappa shape index (κ2) is 7.76. The molecule has 1 heterocycles. The summed E-state index contributed by atoms with van der Waals surface area (Å²) in [5.74, 6) is 0.509. The Kier molecular flexibility index (Phi) is 5.46. The SMILES string of the molecule is CCOc1ccc(Cl)cc1C=C1SC(=Nc2ccc(C)cc2)NC1=O.